The number of H-pyrrole nitrogens is 1. The van der Waals surface area contributed by atoms with E-state index in [2.05, 4.69) is 10.3 Å². The maximum Gasteiger partial charge on any atom is 0.258 e. The molecule has 0 bridgehead atoms. The van der Waals surface area contributed by atoms with Crippen molar-refractivity contribution < 1.29 is 14.6 Å². The first-order valence-corrected chi connectivity index (χ1v) is 13.9. The Kier molecular flexibility index (Phi) is 7.23. The van der Waals surface area contributed by atoms with Crippen LogP contribution in [0.4, 0.5) is 0 Å². The third-order valence-corrected chi connectivity index (χ3v) is 7.88. The first kappa shape index (κ1) is 26.9. The summed E-state index contributed by atoms with van der Waals surface area (Å²) < 4.78 is 6.96. The van der Waals surface area contributed by atoms with E-state index in [1.807, 2.05) is 84.9 Å². The summed E-state index contributed by atoms with van der Waals surface area (Å²) in [7, 11) is 3.27. The molecule has 0 radical (unpaired) electrons. The molecule has 0 aliphatic rings. The zero-order valence-electron chi connectivity index (χ0n) is 23.4. The van der Waals surface area contributed by atoms with Gasteiger partial charge in [-0.15, -0.1) is 0 Å². The minimum absolute atomic E-state index is 0.0309. The fourth-order valence-corrected chi connectivity index (χ4v) is 5.85. The molecule has 7 nitrogen and oxygen atoms in total. The lowest BCUT2D eigenvalue weighted by Gasteiger charge is -2.22. The van der Waals surface area contributed by atoms with E-state index >= 15 is 0 Å². The van der Waals surface area contributed by atoms with Crippen molar-refractivity contribution in [1.29, 1.82) is 0 Å². The van der Waals surface area contributed by atoms with Crippen LogP contribution in [-0.2, 0) is 13.5 Å². The van der Waals surface area contributed by atoms with E-state index in [4.69, 9.17) is 4.74 Å². The van der Waals surface area contributed by atoms with Crippen molar-refractivity contribution in [3.8, 4) is 11.5 Å². The number of hydrogen-bond acceptors (Lipinski definition) is 4. The lowest BCUT2D eigenvalue weighted by Crippen LogP contribution is -2.27. The molecule has 0 saturated heterocycles. The normalized spacial score (nSPS) is 12.0. The molecule has 210 valence electrons. The van der Waals surface area contributed by atoms with Gasteiger partial charge in [0.1, 0.15) is 11.5 Å². The van der Waals surface area contributed by atoms with Gasteiger partial charge in [0, 0.05) is 35.6 Å². The van der Waals surface area contributed by atoms with Crippen LogP contribution in [0.25, 0.3) is 21.8 Å². The van der Waals surface area contributed by atoms with Gasteiger partial charge in [-0.05, 0) is 47.9 Å². The summed E-state index contributed by atoms with van der Waals surface area (Å²) >= 11 is 0. The topological polar surface area (TPSA) is 96.3 Å². The van der Waals surface area contributed by atoms with Crippen molar-refractivity contribution in [2.24, 2.45) is 7.05 Å². The molecule has 6 aromatic rings. The number of aromatic nitrogens is 2. The van der Waals surface area contributed by atoms with Crippen LogP contribution < -0.4 is 15.6 Å². The van der Waals surface area contributed by atoms with Crippen molar-refractivity contribution in [3.05, 3.63) is 141 Å². The fourth-order valence-electron chi connectivity index (χ4n) is 5.85. The van der Waals surface area contributed by atoms with Crippen LogP contribution in [0.3, 0.4) is 0 Å². The Labute approximate surface area is 243 Å². The zero-order valence-corrected chi connectivity index (χ0v) is 23.4. The summed E-state index contributed by atoms with van der Waals surface area (Å²) in [5.41, 5.74) is 4.70. The van der Waals surface area contributed by atoms with Crippen LogP contribution in [0.15, 0.2) is 108 Å². The van der Waals surface area contributed by atoms with E-state index < -0.39 is 5.92 Å². The maximum atomic E-state index is 14.0. The summed E-state index contributed by atoms with van der Waals surface area (Å²) in [6, 6.07) is 32.2. The highest BCUT2D eigenvalue weighted by Crippen LogP contribution is 2.40. The molecule has 0 aliphatic carbocycles. The number of carbonyl (C=O) groups excluding carboxylic acids is 1. The molecule has 0 fully saturated rings. The number of amides is 1. The fraction of sp³-hybridized carbons (Fsp3) is 0.143. The average Bonchev–Trinajstić information content (AvgIpc) is 3.40. The van der Waals surface area contributed by atoms with Gasteiger partial charge in [-0.1, -0.05) is 72.8 Å². The second kappa shape index (κ2) is 11.3. The molecular weight excluding hydrogens is 526 g/mol. The Balaban J connectivity index is 1.48. The lowest BCUT2D eigenvalue weighted by atomic mass is 9.85. The highest BCUT2D eigenvalue weighted by atomic mass is 16.5. The summed E-state index contributed by atoms with van der Waals surface area (Å²) in [6.45, 7) is 0.356. The quantitative estimate of drug-likeness (QED) is 0.218. The van der Waals surface area contributed by atoms with Crippen molar-refractivity contribution >= 4 is 27.7 Å². The number of nitrogens with zero attached hydrogens (tertiary/aromatic N) is 1. The summed E-state index contributed by atoms with van der Waals surface area (Å²) in [5, 5.41) is 16.3. The Hall–Kier alpha value is -5.30. The SMILES string of the molecule is COc1ccccc1C(=O)NCCc1c(C(c2ccccc2)c2c(O)c3ccccc3n(C)c2=O)[nH]c2ccccc12. The predicted molar refractivity (Wildman–Crippen MR) is 166 cm³/mol. The molecule has 3 N–H and O–H groups in total. The first-order chi connectivity index (χ1) is 20.5. The van der Waals surface area contributed by atoms with Crippen molar-refractivity contribution in [2.45, 2.75) is 12.3 Å². The van der Waals surface area contributed by atoms with E-state index in [0.717, 1.165) is 27.7 Å². The molecule has 42 heavy (non-hydrogen) atoms. The van der Waals surface area contributed by atoms with Crippen LogP contribution >= 0.6 is 0 Å². The van der Waals surface area contributed by atoms with Crippen molar-refractivity contribution in [1.82, 2.24) is 14.9 Å². The number of nitrogens with one attached hydrogen (secondary N) is 2. The second-order valence-corrected chi connectivity index (χ2v) is 10.3. The smallest absolute Gasteiger partial charge is 0.258 e. The second-order valence-electron chi connectivity index (χ2n) is 10.3. The molecule has 0 aliphatic heterocycles. The standard InChI is InChI=1S/C35H31N3O4/c1-38-28-18-10-7-15-25(28)33(39)31(35(38)41)30(22-12-4-3-5-13-22)32-24(23-14-6-9-17-27(23)37-32)20-21-36-34(40)26-16-8-11-19-29(26)42-2/h3-19,30,37,39H,20-21H2,1-2H3,(H,36,40). The van der Waals surface area contributed by atoms with Gasteiger partial charge in [0.2, 0.25) is 0 Å². The molecule has 1 atom stereocenters. The van der Waals surface area contributed by atoms with E-state index in [-0.39, 0.29) is 17.2 Å². The van der Waals surface area contributed by atoms with Gasteiger partial charge in [0.05, 0.1) is 29.7 Å². The minimum Gasteiger partial charge on any atom is -0.507 e. The molecule has 1 amide bonds. The van der Waals surface area contributed by atoms with Crippen LogP contribution in [-0.4, -0.2) is 34.2 Å². The Bertz CT molecular complexity index is 1970. The largest absolute Gasteiger partial charge is 0.507 e. The van der Waals surface area contributed by atoms with Gasteiger partial charge in [-0.2, -0.15) is 0 Å². The number of aryl methyl sites for hydroxylation is 1. The number of benzene rings is 4. The molecule has 7 heteroatoms. The van der Waals surface area contributed by atoms with Gasteiger partial charge in [-0.3, -0.25) is 9.59 Å². The number of para-hydroxylation sites is 3. The van der Waals surface area contributed by atoms with Gasteiger partial charge in [0.25, 0.3) is 11.5 Å². The van der Waals surface area contributed by atoms with E-state index in [1.165, 1.54) is 0 Å². The Morgan fingerprint density at radius 3 is 2.36 bits per heavy atom. The van der Waals surface area contributed by atoms with Gasteiger partial charge in [0.15, 0.2) is 0 Å². The molecule has 1 unspecified atom stereocenters. The molecule has 4 aromatic carbocycles. The third-order valence-electron chi connectivity index (χ3n) is 7.88. The number of hydrogen-bond donors (Lipinski definition) is 3. The number of pyridine rings is 1. The maximum absolute atomic E-state index is 14.0. The number of rotatable bonds is 8. The molecule has 2 heterocycles. The van der Waals surface area contributed by atoms with Gasteiger partial charge in [-0.25, -0.2) is 0 Å². The monoisotopic (exact) mass is 557 g/mol. The summed E-state index contributed by atoms with van der Waals surface area (Å²) in [6.07, 6.45) is 0.498. The van der Waals surface area contributed by atoms with E-state index in [9.17, 15) is 14.7 Å². The number of aromatic amines is 1. The predicted octanol–water partition coefficient (Wildman–Crippen LogP) is 5.89. The molecule has 0 spiro atoms. The molecule has 6 rings (SSSR count). The number of aromatic hydroxyl groups is 1. The van der Waals surface area contributed by atoms with Crippen LogP contribution in [0, 0.1) is 0 Å². The highest BCUT2D eigenvalue weighted by Gasteiger charge is 2.30. The summed E-state index contributed by atoms with van der Waals surface area (Å²) in [5.74, 6) is -0.331. The third kappa shape index (κ3) is 4.69. The minimum atomic E-state index is -0.582. The Morgan fingerprint density at radius 2 is 1.57 bits per heavy atom. The van der Waals surface area contributed by atoms with E-state index in [0.29, 0.717) is 40.7 Å². The highest BCUT2D eigenvalue weighted by molar-refractivity contribution is 5.97. The summed E-state index contributed by atoms with van der Waals surface area (Å²) in [4.78, 5) is 30.6. The molecule has 0 saturated carbocycles. The van der Waals surface area contributed by atoms with Crippen LogP contribution in [0.1, 0.15) is 38.7 Å². The average molecular weight is 558 g/mol. The Morgan fingerprint density at radius 1 is 0.905 bits per heavy atom. The van der Waals surface area contributed by atoms with Gasteiger partial charge < -0.3 is 24.7 Å². The number of ether oxygens (including phenoxy) is 1. The zero-order chi connectivity index (χ0) is 29.2. The van der Waals surface area contributed by atoms with Crippen LogP contribution in [0.2, 0.25) is 0 Å². The van der Waals surface area contributed by atoms with E-state index in [1.54, 1.807) is 36.9 Å². The van der Waals surface area contributed by atoms with Crippen molar-refractivity contribution in [3.63, 3.8) is 0 Å². The lowest BCUT2D eigenvalue weighted by molar-refractivity contribution is 0.0951. The molecular formula is C35H31N3O4. The number of carbonyl (C=O) groups is 1. The number of fused-ring (bicyclic) bond motifs is 2. The van der Waals surface area contributed by atoms with Crippen LogP contribution in [0.5, 0.6) is 11.5 Å². The van der Waals surface area contributed by atoms with Crippen molar-refractivity contribution in [2.75, 3.05) is 13.7 Å². The number of methoxy groups -OCH3 is 1. The molecule has 2 aromatic heterocycles. The first-order valence-electron chi connectivity index (χ1n) is 13.9. The van der Waals surface area contributed by atoms with Gasteiger partial charge >= 0.3 is 0 Å².